The zero-order chi connectivity index (χ0) is 25.4. The molecule has 1 aliphatic rings. The van der Waals surface area contributed by atoms with Gasteiger partial charge in [0.1, 0.15) is 0 Å². The van der Waals surface area contributed by atoms with E-state index in [-0.39, 0.29) is 27.2 Å². The van der Waals surface area contributed by atoms with Gasteiger partial charge in [0.15, 0.2) is 0 Å². The number of hydrogen-bond acceptors (Lipinski definition) is 4. The zero-order valence-corrected chi connectivity index (χ0v) is 21.5. The number of carbonyl (C=O) groups is 1. The maximum atomic E-state index is 13.5. The summed E-state index contributed by atoms with van der Waals surface area (Å²) >= 11 is 19.4. The minimum Gasteiger partial charge on any atom is -0.333 e. The fourth-order valence-corrected chi connectivity index (χ4v) is 5.91. The van der Waals surface area contributed by atoms with Gasteiger partial charge in [0.2, 0.25) is 0 Å². The highest BCUT2D eigenvalue weighted by atomic mass is 35.5. The van der Waals surface area contributed by atoms with Crippen LogP contribution in [0.5, 0.6) is 0 Å². The lowest BCUT2D eigenvalue weighted by Gasteiger charge is -2.33. The normalized spacial score (nSPS) is 13.2. The summed E-state index contributed by atoms with van der Waals surface area (Å²) in [5.41, 5.74) is 2.70. The molecule has 4 aromatic rings. The average molecular weight is 560 g/mol. The van der Waals surface area contributed by atoms with E-state index in [2.05, 4.69) is 15.0 Å². The molecule has 1 aromatic heterocycles. The Morgan fingerprint density at radius 2 is 1.53 bits per heavy atom. The van der Waals surface area contributed by atoms with Crippen LogP contribution in [0, 0.1) is 0 Å². The first kappa shape index (κ1) is 24.4. The third-order valence-electron chi connectivity index (χ3n) is 5.63. The number of para-hydroxylation sites is 1. The summed E-state index contributed by atoms with van der Waals surface area (Å²) in [4.78, 5) is 18.3. The molecule has 0 radical (unpaired) electrons. The molecule has 2 heterocycles. The predicted molar refractivity (Wildman–Crippen MR) is 143 cm³/mol. The standard InChI is InChI=1S/C25H17Cl3N4O3S/c26-20-5-2-1-4-17(20)18-12-16(36(34,35)31-15-8-10-29-11-9-15)13-23-19(18)14-30-25(33)32(23)24-21(27)6-3-7-22(24)28/h1-13H,14H2,(H,29,31)(H,30,33). The fourth-order valence-electron chi connectivity index (χ4n) is 4.00. The number of nitrogens with zero attached hydrogens (tertiary/aromatic N) is 2. The molecule has 2 N–H and O–H groups in total. The number of sulfonamides is 1. The van der Waals surface area contributed by atoms with Gasteiger partial charge in [0.25, 0.3) is 10.0 Å². The van der Waals surface area contributed by atoms with Gasteiger partial charge in [-0.2, -0.15) is 0 Å². The van der Waals surface area contributed by atoms with Crippen molar-refractivity contribution in [3.05, 3.63) is 99.8 Å². The summed E-state index contributed by atoms with van der Waals surface area (Å²) in [6.45, 7) is 0.144. The molecule has 182 valence electrons. The number of amides is 2. The highest BCUT2D eigenvalue weighted by Gasteiger charge is 2.33. The van der Waals surface area contributed by atoms with Gasteiger partial charge in [-0.3, -0.25) is 14.6 Å². The van der Waals surface area contributed by atoms with Crippen molar-refractivity contribution in [3.63, 3.8) is 0 Å². The molecule has 36 heavy (non-hydrogen) atoms. The largest absolute Gasteiger partial charge is 0.333 e. The highest BCUT2D eigenvalue weighted by Crippen LogP contribution is 2.45. The fraction of sp³-hybridized carbons (Fsp3) is 0.0400. The number of nitrogens with one attached hydrogen (secondary N) is 2. The second kappa shape index (κ2) is 9.63. The summed E-state index contributed by atoms with van der Waals surface area (Å²) in [6, 6.07) is 17.5. The number of fused-ring (bicyclic) bond motifs is 1. The second-order valence-electron chi connectivity index (χ2n) is 7.85. The number of rotatable bonds is 5. The molecule has 0 bridgehead atoms. The van der Waals surface area contributed by atoms with Gasteiger partial charge >= 0.3 is 6.03 Å². The lowest BCUT2D eigenvalue weighted by atomic mass is 9.96. The highest BCUT2D eigenvalue weighted by molar-refractivity contribution is 7.92. The SMILES string of the molecule is O=C1NCc2c(-c3ccccc3Cl)cc(S(=O)(=O)Nc3ccncc3)cc2N1c1c(Cl)cccc1Cl. The monoisotopic (exact) mass is 558 g/mol. The molecule has 0 saturated heterocycles. The van der Waals surface area contributed by atoms with Crippen molar-refractivity contribution >= 4 is 67.9 Å². The summed E-state index contributed by atoms with van der Waals surface area (Å²) in [7, 11) is -4.08. The average Bonchev–Trinajstić information content (AvgIpc) is 2.85. The number of urea groups is 1. The first-order valence-electron chi connectivity index (χ1n) is 10.6. The van der Waals surface area contributed by atoms with E-state index < -0.39 is 16.1 Å². The van der Waals surface area contributed by atoms with Crippen molar-refractivity contribution in [1.82, 2.24) is 10.3 Å². The van der Waals surface area contributed by atoms with Crippen LogP contribution in [0.2, 0.25) is 15.1 Å². The van der Waals surface area contributed by atoms with Gasteiger partial charge < -0.3 is 5.32 Å². The maximum absolute atomic E-state index is 13.5. The van der Waals surface area contributed by atoms with Crippen LogP contribution in [-0.2, 0) is 16.6 Å². The number of anilines is 3. The summed E-state index contributed by atoms with van der Waals surface area (Å²) in [5, 5.41) is 3.71. The van der Waals surface area contributed by atoms with Crippen LogP contribution in [-0.4, -0.2) is 19.4 Å². The minimum absolute atomic E-state index is 0.0733. The third kappa shape index (κ3) is 4.49. The number of carbonyl (C=O) groups excluding carboxylic acids is 1. The summed E-state index contributed by atoms with van der Waals surface area (Å²) in [6.07, 6.45) is 2.96. The van der Waals surface area contributed by atoms with Crippen LogP contribution in [0.3, 0.4) is 0 Å². The number of halogens is 3. The Morgan fingerprint density at radius 3 is 2.22 bits per heavy atom. The molecule has 1 aliphatic heterocycles. The Morgan fingerprint density at radius 1 is 0.861 bits per heavy atom. The van der Waals surface area contributed by atoms with Crippen molar-refractivity contribution in [2.45, 2.75) is 11.4 Å². The van der Waals surface area contributed by atoms with E-state index in [1.165, 1.54) is 41.6 Å². The summed E-state index contributed by atoms with van der Waals surface area (Å²) < 4.78 is 29.5. The summed E-state index contributed by atoms with van der Waals surface area (Å²) in [5.74, 6) is 0. The van der Waals surface area contributed by atoms with E-state index in [0.29, 0.717) is 33.1 Å². The molecular formula is C25H17Cl3N4O3S. The molecule has 0 spiro atoms. The van der Waals surface area contributed by atoms with E-state index in [1.54, 1.807) is 42.5 Å². The molecule has 11 heteroatoms. The molecule has 0 fully saturated rings. The number of pyridine rings is 1. The van der Waals surface area contributed by atoms with E-state index in [0.717, 1.165) is 0 Å². The molecular weight excluding hydrogens is 543 g/mol. The van der Waals surface area contributed by atoms with Crippen molar-refractivity contribution in [1.29, 1.82) is 0 Å². The molecule has 0 saturated carbocycles. The maximum Gasteiger partial charge on any atom is 0.326 e. The molecule has 0 aliphatic carbocycles. The van der Waals surface area contributed by atoms with E-state index in [4.69, 9.17) is 34.8 Å². The Kier molecular flexibility index (Phi) is 6.53. The van der Waals surface area contributed by atoms with Gasteiger partial charge in [-0.1, -0.05) is 59.1 Å². The van der Waals surface area contributed by atoms with Crippen LogP contribution in [0.25, 0.3) is 11.1 Å². The van der Waals surface area contributed by atoms with Crippen LogP contribution < -0.4 is 14.9 Å². The third-order valence-corrected chi connectivity index (χ3v) is 7.93. The Balaban J connectivity index is 1.78. The first-order valence-corrected chi connectivity index (χ1v) is 13.2. The second-order valence-corrected chi connectivity index (χ2v) is 10.8. The minimum atomic E-state index is -4.08. The molecule has 3 aromatic carbocycles. The van der Waals surface area contributed by atoms with Gasteiger partial charge in [-0.15, -0.1) is 0 Å². The number of aromatic nitrogens is 1. The van der Waals surface area contributed by atoms with Gasteiger partial charge in [-0.05, 0) is 48.0 Å². The van der Waals surface area contributed by atoms with E-state index in [9.17, 15) is 13.2 Å². The van der Waals surface area contributed by atoms with Crippen molar-refractivity contribution in [2.24, 2.45) is 0 Å². The van der Waals surface area contributed by atoms with Crippen molar-refractivity contribution < 1.29 is 13.2 Å². The predicted octanol–water partition coefficient (Wildman–Crippen LogP) is 6.87. The van der Waals surface area contributed by atoms with E-state index in [1.807, 2.05) is 0 Å². The van der Waals surface area contributed by atoms with Gasteiger partial charge in [0.05, 0.1) is 32.0 Å². The molecule has 7 nitrogen and oxygen atoms in total. The molecule has 2 amide bonds. The van der Waals surface area contributed by atoms with Crippen molar-refractivity contribution in [3.8, 4) is 11.1 Å². The quantitative estimate of drug-likeness (QED) is 0.279. The number of hydrogen-bond donors (Lipinski definition) is 2. The van der Waals surface area contributed by atoms with Crippen molar-refractivity contribution in [2.75, 3.05) is 9.62 Å². The number of benzene rings is 3. The smallest absolute Gasteiger partial charge is 0.326 e. The van der Waals surface area contributed by atoms with Crippen LogP contribution >= 0.6 is 34.8 Å². The zero-order valence-electron chi connectivity index (χ0n) is 18.4. The van der Waals surface area contributed by atoms with Gasteiger partial charge in [0, 0.05) is 35.1 Å². The lowest BCUT2D eigenvalue weighted by molar-refractivity contribution is 0.247. The topological polar surface area (TPSA) is 91.4 Å². The Labute approximate surface area is 222 Å². The Hall–Kier alpha value is -3.30. The van der Waals surface area contributed by atoms with Crippen LogP contribution in [0.15, 0.2) is 84.0 Å². The first-order chi connectivity index (χ1) is 17.3. The molecule has 0 atom stereocenters. The lowest BCUT2D eigenvalue weighted by Crippen LogP contribution is -2.42. The molecule has 5 rings (SSSR count). The molecule has 0 unspecified atom stereocenters. The van der Waals surface area contributed by atoms with Crippen LogP contribution in [0.1, 0.15) is 5.56 Å². The van der Waals surface area contributed by atoms with E-state index >= 15 is 0 Å². The van der Waals surface area contributed by atoms with Crippen LogP contribution in [0.4, 0.5) is 21.9 Å². The van der Waals surface area contributed by atoms with Gasteiger partial charge in [-0.25, -0.2) is 13.2 Å². The Bertz CT molecular complexity index is 1580.